The molecular formula is C14H16FN3O2. The molecular weight excluding hydrogens is 261 g/mol. The lowest BCUT2D eigenvalue weighted by Gasteiger charge is -2.09. The van der Waals surface area contributed by atoms with Crippen molar-refractivity contribution in [1.29, 1.82) is 0 Å². The zero-order chi connectivity index (χ0) is 14.7. The molecule has 0 spiro atoms. The van der Waals surface area contributed by atoms with Gasteiger partial charge in [0.15, 0.2) is 5.69 Å². The standard InChI is InChI=1S/C14H16FN3O2/c1-9(2)6-12-13(14(19)20)16-17-18(12)8-10-4-3-5-11(15)7-10/h3-5,7,9H,6,8H2,1-2H3,(H,19,20). The lowest BCUT2D eigenvalue weighted by atomic mass is 10.1. The molecule has 5 nitrogen and oxygen atoms in total. The van der Waals surface area contributed by atoms with E-state index in [2.05, 4.69) is 10.3 Å². The molecule has 0 aliphatic carbocycles. The van der Waals surface area contributed by atoms with E-state index in [4.69, 9.17) is 5.11 Å². The summed E-state index contributed by atoms with van der Waals surface area (Å²) in [7, 11) is 0. The van der Waals surface area contributed by atoms with Crippen LogP contribution in [0.15, 0.2) is 24.3 Å². The van der Waals surface area contributed by atoms with E-state index in [0.29, 0.717) is 18.7 Å². The normalized spacial score (nSPS) is 11.0. The molecule has 0 saturated heterocycles. The van der Waals surface area contributed by atoms with Crippen molar-refractivity contribution < 1.29 is 14.3 Å². The van der Waals surface area contributed by atoms with E-state index in [9.17, 15) is 9.18 Å². The van der Waals surface area contributed by atoms with Crippen molar-refractivity contribution in [3.63, 3.8) is 0 Å². The molecule has 0 saturated carbocycles. The SMILES string of the molecule is CC(C)Cc1c(C(=O)O)nnn1Cc1cccc(F)c1. The number of carboxylic acids is 1. The van der Waals surface area contributed by atoms with Gasteiger partial charge in [0.05, 0.1) is 12.2 Å². The maximum atomic E-state index is 13.2. The minimum Gasteiger partial charge on any atom is -0.476 e. The number of carbonyl (C=O) groups is 1. The number of carboxylic acid groups (broad SMARTS) is 1. The maximum Gasteiger partial charge on any atom is 0.358 e. The van der Waals surface area contributed by atoms with Gasteiger partial charge >= 0.3 is 5.97 Å². The van der Waals surface area contributed by atoms with Gasteiger partial charge in [-0.25, -0.2) is 13.9 Å². The number of halogens is 1. The van der Waals surface area contributed by atoms with Crippen LogP contribution in [-0.4, -0.2) is 26.1 Å². The van der Waals surface area contributed by atoms with Crippen molar-refractivity contribution >= 4 is 5.97 Å². The van der Waals surface area contributed by atoms with Crippen LogP contribution in [0.25, 0.3) is 0 Å². The zero-order valence-corrected chi connectivity index (χ0v) is 11.4. The molecule has 0 aliphatic heterocycles. The number of rotatable bonds is 5. The molecule has 20 heavy (non-hydrogen) atoms. The Hall–Kier alpha value is -2.24. The number of benzene rings is 1. The molecule has 0 fully saturated rings. The Bertz CT molecular complexity index is 623. The molecule has 2 aromatic rings. The van der Waals surface area contributed by atoms with E-state index >= 15 is 0 Å². The average Bonchev–Trinajstić information content (AvgIpc) is 2.72. The lowest BCUT2D eigenvalue weighted by Crippen LogP contribution is -2.12. The second-order valence-corrected chi connectivity index (χ2v) is 5.08. The molecule has 0 radical (unpaired) electrons. The molecule has 1 aromatic carbocycles. The van der Waals surface area contributed by atoms with Crippen molar-refractivity contribution in [1.82, 2.24) is 15.0 Å². The van der Waals surface area contributed by atoms with Gasteiger partial charge in [0.2, 0.25) is 0 Å². The van der Waals surface area contributed by atoms with E-state index in [1.165, 1.54) is 16.8 Å². The Labute approximate surface area is 116 Å². The highest BCUT2D eigenvalue weighted by atomic mass is 19.1. The quantitative estimate of drug-likeness (QED) is 0.911. The maximum absolute atomic E-state index is 13.2. The minimum atomic E-state index is -1.09. The summed E-state index contributed by atoms with van der Waals surface area (Å²) in [5, 5.41) is 16.7. The highest BCUT2D eigenvalue weighted by Gasteiger charge is 2.19. The fourth-order valence-electron chi connectivity index (χ4n) is 2.02. The van der Waals surface area contributed by atoms with E-state index in [0.717, 1.165) is 5.56 Å². The Balaban J connectivity index is 2.33. The van der Waals surface area contributed by atoms with Crippen LogP contribution in [0, 0.1) is 11.7 Å². The second-order valence-electron chi connectivity index (χ2n) is 5.08. The molecule has 2 rings (SSSR count). The molecule has 0 amide bonds. The van der Waals surface area contributed by atoms with Gasteiger partial charge in [-0.2, -0.15) is 0 Å². The van der Waals surface area contributed by atoms with Crippen LogP contribution < -0.4 is 0 Å². The summed E-state index contributed by atoms with van der Waals surface area (Å²) in [6.07, 6.45) is 0.559. The average molecular weight is 277 g/mol. The molecule has 6 heteroatoms. The summed E-state index contributed by atoms with van der Waals surface area (Å²) in [5.74, 6) is -1.14. The van der Waals surface area contributed by atoms with Gasteiger partial charge < -0.3 is 5.11 Å². The summed E-state index contributed by atoms with van der Waals surface area (Å²) >= 11 is 0. The summed E-state index contributed by atoms with van der Waals surface area (Å²) in [4.78, 5) is 11.1. The first-order valence-electron chi connectivity index (χ1n) is 6.37. The minimum absolute atomic E-state index is 0.0323. The van der Waals surface area contributed by atoms with Crippen molar-refractivity contribution in [2.45, 2.75) is 26.8 Å². The summed E-state index contributed by atoms with van der Waals surface area (Å²) < 4.78 is 14.7. The van der Waals surface area contributed by atoms with Gasteiger partial charge in [0.1, 0.15) is 5.82 Å². The first-order valence-corrected chi connectivity index (χ1v) is 6.37. The molecule has 0 bridgehead atoms. The van der Waals surface area contributed by atoms with Crippen molar-refractivity contribution in [3.8, 4) is 0 Å². The third-order valence-electron chi connectivity index (χ3n) is 2.86. The molecule has 0 unspecified atom stereocenters. The van der Waals surface area contributed by atoms with Crippen LogP contribution in [0.3, 0.4) is 0 Å². The van der Waals surface area contributed by atoms with E-state index in [1.807, 2.05) is 13.8 Å². The molecule has 1 aromatic heterocycles. The van der Waals surface area contributed by atoms with E-state index < -0.39 is 5.97 Å². The van der Waals surface area contributed by atoms with E-state index in [-0.39, 0.29) is 17.4 Å². The number of nitrogens with zero attached hydrogens (tertiary/aromatic N) is 3. The smallest absolute Gasteiger partial charge is 0.358 e. The molecule has 1 heterocycles. The molecule has 0 aliphatic rings. The van der Waals surface area contributed by atoms with Gasteiger partial charge in [0, 0.05) is 0 Å². The fourth-order valence-corrected chi connectivity index (χ4v) is 2.02. The van der Waals surface area contributed by atoms with Gasteiger partial charge in [0.25, 0.3) is 0 Å². The highest BCUT2D eigenvalue weighted by Crippen LogP contribution is 2.14. The van der Waals surface area contributed by atoms with Gasteiger partial charge in [-0.05, 0) is 30.0 Å². The first-order chi connectivity index (χ1) is 9.47. The van der Waals surface area contributed by atoms with Crippen molar-refractivity contribution in [2.24, 2.45) is 5.92 Å². The predicted octanol–water partition coefficient (Wildman–Crippen LogP) is 2.36. The second kappa shape index (κ2) is 5.81. The van der Waals surface area contributed by atoms with Gasteiger partial charge in [-0.1, -0.05) is 31.2 Å². The third-order valence-corrected chi connectivity index (χ3v) is 2.86. The fraction of sp³-hybridized carbons (Fsp3) is 0.357. The van der Waals surface area contributed by atoms with Crippen molar-refractivity contribution in [3.05, 3.63) is 47.0 Å². The van der Waals surface area contributed by atoms with Gasteiger partial charge in [-0.3, -0.25) is 0 Å². The van der Waals surface area contributed by atoms with Crippen molar-refractivity contribution in [2.75, 3.05) is 0 Å². The largest absolute Gasteiger partial charge is 0.476 e. The molecule has 1 N–H and O–H groups in total. The lowest BCUT2D eigenvalue weighted by molar-refractivity contribution is 0.0689. The highest BCUT2D eigenvalue weighted by molar-refractivity contribution is 5.86. The topological polar surface area (TPSA) is 68.0 Å². The number of aromatic carboxylic acids is 1. The Morgan fingerprint density at radius 3 is 2.80 bits per heavy atom. The third kappa shape index (κ3) is 3.20. The summed E-state index contributed by atoms with van der Waals surface area (Å²) in [5.41, 5.74) is 1.25. The summed E-state index contributed by atoms with van der Waals surface area (Å²) in [6, 6.07) is 6.15. The van der Waals surface area contributed by atoms with E-state index in [1.54, 1.807) is 12.1 Å². The first kappa shape index (κ1) is 14.2. The number of aromatic nitrogens is 3. The predicted molar refractivity (Wildman–Crippen MR) is 71.0 cm³/mol. The Kier molecular flexibility index (Phi) is 4.12. The Morgan fingerprint density at radius 2 is 2.20 bits per heavy atom. The van der Waals surface area contributed by atoms with Crippen LogP contribution in [0.2, 0.25) is 0 Å². The van der Waals surface area contributed by atoms with Crippen LogP contribution in [0.4, 0.5) is 4.39 Å². The van der Waals surface area contributed by atoms with Crippen LogP contribution >= 0.6 is 0 Å². The summed E-state index contributed by atoms with van der Waals surface area (Å²) in [6.45, 7) is 4.29. The monoisotopic (exact) mass is 277 g/mol. The van der Waals surface area contributed by atoms with Crippen LogP contribution in [0.1, 0.15) is 35.6 Å². The Morgan fingerprint density at radius 1 is 1.45 bits per heavy atom. The van der Waals surface area contributed by atoms with Gasteiger partial charge in [-0.15, -0.1) is 5.10 Å². The number of hydrogen-bond donors (Lipinski definition) is 1. The van der Waals surface area contributed by atoms with Crippen LogP contribution in [0.5, 0.6) is 0 Å². The van der Waals surface area contributed by atoms with Crippen LogP contribution in [-0.2, 0) is 13.0 Å². The number of hydrogen-bond acceptors (Lipinski definition) is 3. The zero-order valence-electron chi connectivity index (χ0n) is 11.4. The molecule has 0 atom stereocenters. The molecule has 106 valence electrons.